The van der Waals surface area contributed by atoms with Crippen LogP contribution >= 0.6 is 0 Å². The lowest BCUT2D eigenvalue weighted by Gasteiger charge is -2.26. The molecule has 2 aliphatic heterocycles. The zero-order chi connectivity index (χ0) is 33.3. The van der Waals surface area contributed by atoms with Crippen molar-refractivity contribution in [1.82, 2.24) is 19.7 Å². The van der Waals surface area contributed by atoms with Crippen molar-refractivity contribution in [2.24, 2.45) is 7.05 Å². The van der Waals surface area contributed by atoms with E-state index in [1.807, 2.05) is 12.1 Å². The van der Waals surface area contributed by atoms with Crippen molar-refractivity contribution in [3.8, 4) is 17.0 Å². The number of morpholine rings is 1. The monoisotopic (exact) mass is 636 g/mol. The third-order valence-corrected chi connectivity index (χ3v) is 8.30. The van der Waals surface area contributed by atoms with Crippen LogP contribution in [0.3, 0.4) is 0 Å². The van der Waals surface area contributed by atoms with Crippen molar-refractivity contribution in [2.45, 2.75) is 26.2 Å². The van der Waals surface area contributed by atoms with Crippen molar-refractivity contribution in [2.75, 3.05) is 49.7 Å². The summed E-state index contributed by atoms with van der Waals surface area (Å²) in [6.07, 6.45) is 2.16. The molecular formula is C35H36N6O6. The van der Waals surface area contributed by atoms with Gasteiger partial charge in [0.25, 0.3) is 17.4 Å². The Hall–Kier alpha value is -5.36. The Labute approximate surface area is 271 Å². The minimum atomic E-state index is -0.418. The molecule has 0 unspecified atom stereocenters. The highest BCUT2D eigenvalue weighted by Gasteiger charge is 2.29. The van der Waals surface area contributed by atoms with Crippen LogP contribution in [0.5, 0.6) is 5.75 Å². The number of nitrogens with zero attached hydrogens (tertiary/aromatic N) is 5. The number of carbonyl (C=O) groups is 3. The summed E-state index contributed by atoms with van der Waals surface area (Å²) in [6, 6.07) is 15.6. The molecule has 12 nitrogen and oxygen atoms in total. The second-order valence-electron chi connectivity index (χ2n) is 12.5. The Kier molecular flexibility index (Phi) is 8.61. The number of anilines is 3. The molecule has 2 aromatic heterocycles. The first-order valence-electron chi connectivity index (χ1n) is 15.4. The third-order valence-electron chi connectivity index (χ3n) is 8.30. The Morgan fingerprint density at radius 3 is 2.45 bits per heavy atom. The smallest absolute Gasteiger partial charge is 0.290 e. The van der Waals surface area contributed by atoms with Gasteiger partial charge in [-0.15, -0.1) is 0 Å². The molecule has 0 aliphatic carbocycles. The summed E-state index contributed by atoms with van der Waals surface area (Å²) in [6.45, 7) is 8.78. The standard InChI is InChI=1S/C35H36N6O6/c1-35(2,3)23-9-10-25-30(18-23)47-17-14-41(33(25)44)29-7-5-6-24(26(29)21-42)27-19-28(34(45)39(4)38-27)37-31-11-8-22(20-36-31)32(43)40-12-15-46-16-13-40/h5-11,18-21H,12-17H2,1-4H3,(H,36,37). The van der Waals surface area contributed by atoms with E-state index in [4.69, 9.17) is 9.47 Å². The first kappa shape index (κ1) is 31.6. The lowest BCUT2D eigenvalue weighted by atomic mass is 9.86. The topological polar surface area (TPSA) is 136 Å². The highest BCUT2D eigenvalue weighted by Crippen LogP contribution is 2.35. The number of ether oxygens (including phenoxy) is 2. The fraction of sp³-hybridized carbons (Fsp3) is 0.314. The molecule has 47 heavy (non-hydrogen) atoms. The van der Waals surface area contributed by atoms with E-state index in [1.54, 1.807) is 52.3 Å². The average molecular weight is 637 g/mol. The lowest BCUT2D eigenvalue weighted by molar-refractivity contribution is 0.0302. The number of hydrogen-bond acceptors (Lipinski definition) is 9. The fourth-order valence-corrected chi connectivity index (χ4v) is 5.66. The Balaban J connectivity index is 1.30. The van der Waals surface area contributed by atoms with Gasteiger partial charge in [-0.1, -0.05) is 39.0 Å². The van der Waals surface area contributed by atoms with E-state index >= 15 is 0 Å². The molecule has 1 fully saturated rings. The first-order chi connectivity index (χ1) is 22.5. The van der Waals surface area contributed by atoms with Crippen LogP contribution in [0, 0.1) is 0 Å². The number of rotatable bonds is 6. The van der Waals surface area contributed by atoms with E-state index in [1.165, 1.54) is 17.9 Å². The maximum atomic E-state index is 13.8. The number of aryl methyl sites for hydroxylation is 1. The first-order valence-corrected chi connectivity index (χ1v) is 15.4. The van der Waals surface area contributed by atoms with Gasteiger partial charge in [-0.2, -0.15) is 5.10 Å². The quantitative estimate of drug-likeness (QED) is 0.309. The predicted octanol–water partition coefficient (Wildman–Crippen LogP) is 4.21. The predicted molar refractivity (Wildman–Crippen MR) is 177 cm³/mol. The maximum absolute atomic E-state index is 13.8. The molecule has 2 aromatic carbocycles. The second-order valence-corrected chi connectivity index (χ2v) is 12.5. The van der Waals surface area contributed by atoms with Gasteiger partial charge >= 0.3 is 0 Å². The van der Waals surface area contributed by atoms with Crippen molar-refractivity contribution in [3.05, 3.63) is 93.4 Å². The van der Waals surface area contributed by atoms with Crippen LogP contribution in [0.25, 0.3) is 11.3 Å². The summed E-state index contributed by atoms with van der Waals surface area (Å²) < 4.78 is 12.5. The molecule has 0 saturated carbocycles. The van der Waals surface area contributed by atoms with Crippen LogP contribution in [-0.4, -0.2) is 77.2 Å². The van der Waals surface area contributed by atoms with Crippen molar-refractivity contribution < 1.29 is 23.9 Å². The largest absolute Gasteiger partial charge is 0.491 e. The van der Waals surface area contributed by atoms with Gasteiger partial charge in [0.15, 0.2) is 6.29 Å². The molecule has 4 heterocycles. The van der Waals surface area contributed by atoms with Crippen LogP contribution in [0.1, 0.15) is 57.4 Å². The third kappa shape index (κ3) is 6.36. The zero-order valence-corrected chi connectivity index (χ0v) is 26.8. The molecule has 0 atom stereocenters. The van der Waals surface area contributed by atoms with Crippen molar-refractivity contribution in [1.29, 1.82) is 0 Å². The lowest BCUT2D eigenvalue weighted by Crippen LogP contribution is -2.40. The molecular weight excluding hydrogens is 600 g/mol. The van der Waals surface area contributed by atoms with Gasteiger partial charge in [-0.3, -0.25) is 19.2 Å². The highest BCUT2D eigenvalue weighted by atomic mass is 16.5. The van der Waals surface area contributed by atoms with Crippen molar-refractivity contribution in [3.63, 3.8) is 0 Å². The number of pyridine rings is 1. The number of nitrogens with one attached hydrogen (secondary N) is 1. The Morgan fingerprint density at radius 1 is 0.957 bits per heavy atom. The van der Waals surface area contributed by atoms with Gasteiger partial charge in [0, 0.05) is 37.5 Å². The van der Waals surface area contributed by atoms with E-state index < -0.39 is 5.56 Å². The minimum absolute atomic E-state index is 0.121. The molecule has 0 bridgehead atoms. The van der Waals surface area contributed by atoms with Crippen molar-refractivity contribution >= 4 is 35.3 Å². The number of aldehydes is 1. The van der Waals surface area contributed by atoms with Gasteiger partial charge in [0.05, 0.1) is 42.3 Å². The van der Waals surface area contributed by atoms with Crippen LogP contribution in [0.4, 0.5) is 17.2 Å². The maximum Gasteiger partial charge on any atom is 0.290 e. The van der Waals surface area contributed by atoms with Crippen LogP contribution < -0.4 is 20.5 Å². The summed E-state index contributed by atoms with van der Waals surface area (Å²) in [5, 5.41) is 7.46. The van der Waals surface area contributed by atoms with Crippen LogP contribution in [0.2, 0.25) is 0 Å². The zero-order valence-electron chi connectivity index (χ0n) is 26.8. The van der Waals surface area contributed by atoms with Gasteiger partial charge in [0.2, 0.25) is 0 Å². The molecule has 2 amide bonds. The van der Waals surface area contributed by atoms with Gasteiger partial charge in [0.1, 0.15) is 23.9 Å². The Morgan fingerprint density at radius 2 is 1.74 bits per heavy atom. The summed E-state index contributed by atoms with van der Waals surface area (Å²) in [4.78, 5) is 60.0. The number of hydrogen-bond donors (Lipinski definition) is 1. The average Bonchev–Trinajstić information content (AvgIpc) is 3.24. The molecule has 1 saturated heterocycles. The molecule has 4 aromatic rings. The van der Waals surface area contributed by atoms with Gasteiger partial charge < -0.3 is 24.6 Å². The molecule has 0 radical (unpaired) electrons. The molecule has 242 valence electrons. The van der Waals surface area contributed by atoms with E-state index in [2.05, 4.69) is 36.2 Å². The summed E-state index contributed by atoms with van der Waals surface area (Å²) in [5.74, 6) is 0.445. The number of carbonyl (C=O) groups excluding carboxylic acids is 3. The van der Waals surface area contributed by atoms with E-state index in [9.17, 15) is 19.2 Å². The molecule has 12 heteroatoms. The minimum Gasteiger partial charge on any atom is -0.491 e. The van der Waals surface area contributed by atoms with Crippen LogP contribution in [0.15, 0.2) is 65.6 Å². The Bertz CT molecular complexity index is 1910. The molecule has 2 aliphatic rings. The van der Waals surface area contributed by atoms with Crippen LogP contribution in [-0.2, 0) is 17.2 Å². The normalized spacial score (nSPS) is 15.0. The summed E-state index contributed by atoms with van der Waals surface area (Å²) in [7, 11) is 1.51. The number of amides is 2. The summed E-state index contributed by atoms with van der Waals surface area (Å²) >= 11 is 0. The number of benzene rings is 2. The highest BCUT2D eigenvalue weighted by molar-refractivity contribution is 6.11. The number of fused-ring (bicyclic) bond motifs is 1. The van der Waals surface area contributed by atoms with E-state index in [0.717, 1.165) is 5.56 Å². The van der Waals surface area contributed by atoms with E-state index in [-0.39, 0.29) is 41.6 Å². The fourth-order valence-electron chi connectivity index (χ4n) is 5.66. The number of aromatic nitrogens is 3. The molecule has 1 N–H and O–H groups in total. The summed E-state index contributed by atoms with van der Waals surface area (Å²) in [5.41, 5.74) is 2.96. The van der Waals surface area contributed by atoms with Gasteiger partial charge in [-0.25, -0.2) is 9.67 Å². The second kappa shape index (κ2) is 12.8. The van der Waals surface area contributed by atoms with E-state index in [0.29, 0.717) is 72.2 Å². The molecule has 6 rings (SSSR count). The molecule has 0 spiro atoms. The SMILES string of the molecule is Cn1nc(-c2cccc(N3CCOc4cc(C(C)(C)C)ccc4C3=O)c2C=O)cc(Nc2ccc(C(=O)N3CCOCC3)cn2)c1=O. The van der Waals surface area contributed by atoms with Gasteiger partial charge in [-0.05, 0) is 47.4 Å².